The van der Waals surface area contributed by atoms with Crippen LogP contribution in [0.25, 0.3) is 5.76 Å². The molecule has 2 aromatic rings. The Hall–Kier alpha value is -2.64. The first-order valence-electron chi connectivity index (χ1n) is 9.67. The van der Waals surface area contributed by atoms with E-state index in [-0.39, 0.29) is 17.4 Å². The van der Waals surface area contributed by atoms with Crippen LogP contribution in [-0.4, -0.2) is 55.0 Å². The Kier molecular flexibility index (Phi) is 6.39. The van der Waals surface area contributed by atoms with Crippen molar-refractivity contribution in [3.05, 3.63) is 57.8 Å². The summed E-state index contributed by atoms with van der Waals surface area (Å²) < 4.78 is 5.64. The molecular formula is C22H27N2O4S+. The van der Waals surface area contributed by atoms with Crippen LogP contribution in [0.4, 0.5) is 0 Å². The molecule has 1 aliphatic heterocycles. The number of ketones is 1. The quantitative estimate of drug-likeness (QED) is 0.413. The molecule has 0 radical (unpaired) electrons. The minimum absolute atomic E-state index is 0.0393. The van der Waals surface area contributed by atoms with Crippen molar-refractivity contribution in [3.63, 3.8) is 0 Å². The molecule has 2 heterocycles. The van der Waals surface area contributed by atoms with Gasteiger partial charge in [-0.1, -0.05) is 6.07 Å². The highest BCUT2D eigenvalue weighted by Crippen LogP contribution is 2.40. The number of hydrogen-bond acceptors (Lipinski definition) is 5. The molecule has 2 N–H and O–H groups in total. The topological polar surface area (TPSA) is 71.3 Å². The highest BCUT2D eigenvalue weighted by molar-refractivity contribution is 7.10. The Bertz CT molecular complexity index is 901. The van der Waals surface area contributed by atoms with Crippen molar-refractivity contribution in [2.75, 3.05) is 27.2 Å². The number of Topliss-reactive ketones (excluding diaryl/α,β-unsaturated/α-hetero) is 1. The van der Waals surface area contributed by atoms with Crippen molar-refractivity contribution in [1.82, 2.24) is 4.90 Å². The summed E-state index contributed by atoms with van der Waals surface area (Å²) in [6.07, 6.45) is 0.0393. The number of likely N-dealkylation sites (tertiary alicyclic amines) is 1. The molecule has 1 fully saturated rings. The van der Waals surface area contributed by atoms with Gasteiger partial charge in [0.05, 0.1) is 44.9 Å². The summed E-state index contributed by atoms with van der Waals surface area (Å²) in [5.74, 6) is -0.679. The minimum atomic E-state index is -0.642. The molecule has 0 bridgehead atoms. The zero-order valence-corrected chi connectivity index (χ0v) is 18.0. The summed E-state index contributed by atoms with van der Waals surface area (Å²) in [6, 6.07) is 10.1. The molecule has 3 rings (SSSR count). The molecule has 1 aromatic heterocycles. The van der Waals surface area contributed by atoms with Gasteiger partial charge in [0, 0.05) is 10.4 Å². The first kappa shape index (κ1) is 21.1. The summed E-state index contributed by atoms with van der Waals surface area (Å²) in [4.78, 5) is 29.2. The number of likely N-dealkylation sites (N-methyl/N-ethyl adjacent to an activating group) is 1. The number of thiophene rings is 1. The zero-order chi connectivity index (χ0) is 21.1. The molecule has 0 unspecified atom stereocenters. The van der Waals surface area contributed by atoms with Gasteiger partial charge in [-0.15, -0.1) is 11.3 Å². The second-order valence-electron chi connectivity index (χ2n) is 7.66. The number of benzene rings is 1. The van der Waals surface area contributed by atoms with Crippen LogP contribution in [0.2, 0.25) is 0 Å². The maximum Gasteiger partial charge on any atom is 0.295 e. The van der Waals surface area contributed by atoms with Crippen molar-refractivity contribution in [2.45, 2.75) is 26.0 Å². The fourth-order valence-electron chi connectivity index (χ4n) is 3.32. The number of aliphatic hydroxyl groups excluding tert-OH is 1. The smallest absolute Gasteiger partial charge is 0.295 e. The van der Waals surface area contributed by atoms with Crippen LogP contribution >= 0.6 is 11.3 Å². The molecule has 6 nitrogen and oxygen atoms in total. The van der Waals surface area contributed by atoms with Gasteiger partial charge in [-0.3, -0.25) is 9.59 Å². The van der Waals surface area contributed by atoms with Crippen LogP contribution < -0.4 is 9.64 Å². The molecule has 1 atom stereocenters. The van der Waals surface area contributed by atoms with Crippen molar-refractivity contribution in [2.24, 2.45) is 0 Å². The van der Waals surface area contributed by atoms with Crippen LogP contribution in [0.3, 0.4) is 0 Å². The first-order chi connectivity index (χ1) is 13.8. The number of carbonyl (C=O) groups excluding carboxylic acids is 2. The first-order valence-corrected chi connectivity index (χ1v) is 10.6. The third kappa shape index (κ3) is 4.52. The summed E-state index contributed by atoms with van der Waals surface area (Å²) in [5, 5.41) is 12.9. The van der Waals surface area contributed by atoms with E-state index in [1.807, 2.05) is 45.5 Å². The fraction of sp³-hybridized carbons (Fsp3) is 0.364. The largest absolute Gasteiger partial charge is 0.507 e. The summed E-state index contributed by atoms with van der Waals surface area (Å²) in [6.45, 7) is 5.02. The molecule has 7 heteroatoms. The van der Waals surface area contributed by atoms with Crippen molar-refractivity contribution >= 4 is 28.8 Å². The van der Waals surface area contributed by atoms with Gasteiger partial charge in [0.15, 0.2) is 0 Å². The van der Waals surface area contributed by atoms with E-state index in [1.165, 1.54) is 16.2 Å². The molecule has 0 spiro atoms. The molecular weight excluding hydrogens is 388 g/mol. The fourth-order valence-corrected chi connectivity index (χ4v) is 4.16. The number of aliphatic hydroxyl groups is 1. The van der Waals surface area contributed by atoms with E-state index in [4.69, 9.17) is 4.74 Å². The van der Waals surface area contributed by atoms with E-state index in [0.717, 1.165) is 4.88 Å². The molecule has 1 amide bonds. The number of quaternary nitrogens is 1. The Morgan fingerprint density at radius 2 is 1.90 bits per heavy atom. The molecule has 1 aromatic carbocycles. The predicted octanol–water partition coefficient (Wildman–Crippen LogP) is 2.10. The van der Waals surface area contributed by atoms with Crippen molar-refractivity contribution in [3.8, 4) is 5.75 Å². The van der Waals surface area contributed by atoms with Gasteiger partial charge in [-0.25, -0.2) is 0 Å². The van der Waals surface area contributed by atoms with Gasteiger partial charge in [-0.05, 0) is 49.6 Å². The monoisotopic (exact) mass is 415 g/mol. The molecule has 0 saturated carbocycles. The molecule has 154 valence electrons. The van der Waals surface area contributed by atoms with Gasteiger partial charge < -0.3 is 19.6 Å². The number of nitrogens with one attached hydrogen (secondary N) is 1. The number of rotatable bonds is 7. The average molecular weight is 416 g/mol. The lowest BCUT2D eigenvalue weighted by Gasteiger charge is -2.24. The van der Waals surface area contributed by atoms with E-state index in [9.17, 15) is 14.7 Å². The lowest BCUT2D eigenvalue weighted by atomic mass is 10.00. The van der Waals surface area contributed by atoms with Gasteiger partial charge in [0.2, 0.25) is 0 Å². The number of nitrogens with zero attached hydrogens (tertiary/aromatic N) is 1. The van der Waals surface area contributed by atoms with E-state index in [1.54, 1.807) is 29.2 Å². The van der Waals surface area contributed by atoms with E-state index < -0.39 is 17.7 Å². The van der Waals surface area contributed by atoms with Crippen molar-refractivity contribution < 1.29 is 24.3 Å². The van der Waals surface area contributed by atoms with E-state index >= 15 is 0 Å². The molecule has 1 aliphatic rings. The zero-order valence-electron chi connectivity index (χ0n) is 17.1. The van der Waals surface area contributed by atoms with Gasteiger partial charge >= 0.3 is 0 Å². The predicted molar refractivity (Wildman–Crippen MR) is 113 cm³/mol. The molecule has 0 aliphatic carbocycles. The number of hydrogen-bond donors (Lipinski definition) is 2. The second-order valence-corrected chi connectivity index (χ2v) is 8.64. The maximum absolute atomic E-state index is 12.9. The Morgan fingerprint density at radius 1 is 1.21 bits per heavy atom. The SMILES string of the molecule is CC(C)Oc1ccc(C(O)=C2C(=O)C(=O)N(CC[NH+](C)C)[C@@H]2c2cccs2)cc1. The van der Waals surface area contributed by atoms with Crippen LogP contribution in [-0.2, 0) is 9.59 Å². The Balaban J connectivity index is 2.02. The summed E-state index contributed by atoms with van der Waals surface area (Å²) >= 11 is 1.47. The lowest BCUT2D eigenvalue weighted by molar-refractivity contribution is -0.857. The van der Waals surface area contributed by atoms with Crippen LogP contribution in [0.5, 0.6) is 5.75 Å². The summed E-state index contributed by atoms with van der Waals surface area (Å²) in [7, 11) is 4.00. The number of ether oxygens (including phenoxy) is 1. The van der Waals surface area contributed by atoms with Gasteiger partial charge in [-0.2, -0.15) is 0 Å². The average Bonchev–Trinajstić information content (AvgIpc) is 3.27. The van der Waals surface area contributed by atoms with Gasteiger partial charge in [0.1, 0.15) is 11.5 Å². The molecule has 29 heavy (non-hydrogen) atoms. The minimum Gasteiger partial charge on any atom is -0.507 e. The number of carbonyl (C=O) groups is 2. The van der Waals surface area contributed by atoms with Crippen molar-refractivity contribution in [1.29, 1.82) is 0 Å². The highest BCUT2D eigenvalue weighted by atomic mass is 32.1. The third-order valence-corrected chi connectivity index (χ3v) is 5.63. The second kappa shape index (κ2) is 8.80. The van der Waals surface area contributed by atoms with Crippen LogP contribution in [0.1, 0.15) is 30.3 Å². The summed E-state index contributed by atoms with van der Waals surface area (Å²) in [5.41, 5.74) is 0.627. The Labute approximate surface area is 175 Å². The standard InChI is InChI=1S/C22H26N2O4S/c1-14(2)28-16-9-7-15(8-10-16)20(25)18-19(17-6-5-13-29-17)24(12-11-23(3)4)22(27)21(18)26/h5-10,13-14,19,25H,11-12H2,1-4H3/p+1/t19-/m1/s1. The van der Waals surface area contributed by atoms with E-state index in [2.05, 4.69) is 0 Å². The third-order valence-electron chi connectivity index (χ3n) is 4.70. The highest BCUT2D eigenvalue weighted by Gasteiger charge is 2.46. The van der Waals surface area contributed by atoms with Gasteiger partial charge in [0.25, 0.3) is 11.7 Å². The lowest BCUT2D eigenvalue weighted by Crippen LogP contribution is -3.06. The van der Waals surface area contributed by atoms with Crippen LogP contribution in [0, 0.1) is 0 Å². The Morgan fingerprint density at radius 3 is 2.45 bits per heavy atom. The maximum atomic E-state index is 12.9. The van der Waals surface area contributed by atoms with E-state index in [0.29, 0.717) is 24.4 Å². The van der Waals surface area contributed by atoms with Crippen LogP contribution in [0.15, 0.2) is 47.4 Å². The normalized spacial score (nSPS) is 18.8. The number of amides is 1. The molecule has 1 saturated heterocycles.